The Morgan fingerprint density at radius 3 is 2.34 bits per heavy atom. The van der Waals surface area contributed by atoms with Crippen LogP contribution < -0.4 is 16.7 Å². The number of nitrogens with two attached hydrogens (primary N) is 1. The van der Waals surface area contributed by atoms with Gasteiger partial charge in [0.2, 0.25) is 5.95 Å². The van der Waals surface area contributed by atoms with Gasteiger partial charge in [0.05, 0.1) is 17.8 Å². The molecule has 41 heavy (non-hydrogen) atoms. The molecule has 1 aliphatic rings. The highest BCUT2D eigenvalue weighted by Crippen LogP contribution is 2.34. The van der Waals surface area contributed by atoms with Crippen LogP contribution in [0.3, 0.4) is 0 Å². The maximum Gasteiger partial charge on any atom is 0.353 e. The van der Waals surface area contributed by atoms with Crippen LogP contribution in [-0.4, -0.2) is 59.7 Å². The van der Waals surface area contributed by atoms with Crippen LogP contribution in [0.1, 0.15) is 29.8 Å². The topological polar surface area (TPSA) is 119 Å². The summed E-state index contributed by atoms with van der Waals surface area (Å²) in [5.74, 6) is 1.04. The SMILES string of the molecule is Cc1ccc(NC2CCN(CCn3nc4c(-c5cc(C)nc(C)c5)c(-c5ccccc5)nc(N)n4c3=O)CC2)nc1. The fourth-order valence-corrected chi connectivity index (χ4v) is 5.60. The zero-order valence-electron chi connectivity index (χ0n) is 23.7. The number of nitrogen functional groups attached to an aromatic ring is 1. The van der Waals surface area contributed by atoms with Crippen molar-refractivity contribution in [3.63, 3.8) is 0 Å². The van der Waals surface area contributed by atoms with E-state index in [1.165, 1.54) is 9.08 Å². The number of hydrogen-bond donors (Lipinski definition) is 2. The van der Waals surface area contributed by atoms with Crippen molar-refractivity contribution in [1.29, 1.82) is 0 Å². The lowest BCUT2D eigenvalue weighted by Crippen LogP contribution is -2.41. The van der Waals surface area contributed by atoms with Gasteiger partial charge in [0, 0.05) is 48.8 Å². The largest absolute Gasteiger partial charge is 0.369 e. The van der Waals surface area contributed by atoms with Crippen molar-refractivity contribution in [1.82, 2.24) is 34.0 Å². The molecule has 0 amide bonds. The van der Waals surface area contributed by atoms with Crippen LogP contribution in [-0.2, 0) is 6.54 Å². The van der Waals surface area contributed by atoms with E-state index in [-0.39, 0.29) is 11.6 Å². The van der Waals surface area contributed by atoms with Crippen LogP contribution in [0.15, 0.2) is 65.6 Å². The summed E-state index contributed by atoms with van der Waals surface area (Å²) >= 11 is 0. The van der Waals surface area contributed by atoms with E-state index < -0.39 is 0 Å². The molecule has 0 spiro atoms. The summed E-state index contributed by atoms with van der Waals surface area (Å²) in [7, 11) is 0. The number of aryl methyl sites for hydroxylation is 3. The van der Waals surface area contributed by atoms with E-state index in [1.54, 1.807) is 0 Å². The number of anilines is 2. The van der Waals surface area contributed by atoms with Gasteiger partial charge < -0.3 is 16.0 Å². The Balaban J connectivity index is 1.27. The van der Waals surface area contributed by atoms with Gasteiger partial charge in [-0.3, -0.25) is 4.98 Å². The van der Waals surface area contributed by atoms with E-state index in [9.17, 15) is 4.79 Å². The molecule has 1 aliphatic heterocycles. The molecule has 5 aromatic rings. The first-order valence-electron chi connectivity index (χ1n) is 14.1. The molecule has 10 heteroatoms. The summed E-state index contributed by atoms with van der Waals surface area (Å²) < 4.78 is 2.95. The van der Waals surface area contributed by atoms with E-state index in [0.717, 1.165) is 71.9 Å². The van der Waals surface area contributed by atoms with Crippen molar-refractivity contribution in [3.05, 3.63) is 88.2 Å². The quantitative estimate of drug-likeness (QED) is 0.312. The average Bonchev–Trinajstić information content (AvgIpc) is 3.30. The molecule has 1 aromatic carbocycles. The number of fused-ring (bicyclic) bond motifs is 1. The summed E-state index contributed by atoms with van der Waals surface area (Å²) in [6, 6.07) is 18.4. The molecule has 3 N–H and O–H groups in total. The predicted molar refractivity (Wildman–Crippen MR) is 162 cm³/mol. The molecular formula is C31H35N9O. The summed E-state index contributed by atoms with van der Waals surface area (Å²) in [5, 5.41) is 8.39. The minimum absolute atomic E-state index is 0.123. The van der Waals surface area contributed by atoms with Crippen LogP contribution in [0.4, 0.5) is 11.8 Å². The molecule has 1 fully saturated rings. The fourth-order valence-electron chi connectivity index (χ4n) is 5.60. The lowest BCUT2D eigenvalue weighted by Gasteiger charge is -2.32. The van der Waals surface area contributed by atoms with E-state index in [0.29, 0.717) is 23.9 Å². The van der Waals surface area contributed by atoms with Crippen LogP contribution in [0.25, 0.3) is 28.0 Å². The first-order valence-corrected chi connectivity index (χ1v) is 14.1. The molecule has 0 bridgehead atoms. The van der Waals surface area contributed by atoms with E-state index in [1.807, 2.05) is 75.5 Å². The van der Waals surface area contributed by atoms with Gasteiger partial charge >= 0.3 is 5.69 Å². The second-order valence-electron chi connectivity index (χ2n) is 10.8. The monoisotopic (exact) mass is 549 g/mol. The molecule has 0 unspecified atom stereocenters. The van der Waals surface area contributed by atoms with E-state index in [2.05, 4.69) is 26.3 Å². The Kier molecular flexibility index (Phi) is 7.23. The Morgan fingerprint density at radius 1 is 0.927 bits per heavy atom. The Morgan fingerprint density at radius 2 is 1.66 bits per heavy atom. The minimum atomic E-state index is -0.282. The highest BCUT2D eigenvalue weighted by molar-refractivity contribution is 5.90. The van der Waals surface area contributed by atoms with Gasteiger partial charge in [-0.2, -0.15) is 0 Å². The second kappa shape index (κ2) is 11.1. The first kappa shape index (κ1) is 26.6. The van der Waals surface area contributed by atoms with Gasteiger partial charge in [-0.1, -0.05) is 36.4 Å². The molecule has 1 saturated heterocycles. The van der Waals surface area contributed by atoms with Crippen LogP contribution in [0, 0.1) is 20.8 Å². The number of benzene rings is 1. The number of rotatable bonds is 7. The number of pyridine rings is 2. The molecular weight excluding hydrogens is 514 g/mol. The third-order valence-electron chi connectivity index (χ3n) is 7.65. The number of aromatic nitrogens is 6. The number of hydrogen-bond acceptors (Lipinski definition) is 8. The van der Waals surface area contributed by atoms with Crippen LogP contribution in [0.5, 0.6) is 0 Å². The van der Waals surface area contributed by atoms with Crippen molar-refractivity contribution >= 4 is 17.4 Å². The standard InChI is InChI=1S/C31H35N9O/c1-20-9-10-26(33-19-20)35-25-11-13-38(14-12-25)15-16-39-31(41)40-29(37-39)27(24-17-21(2)34-22(3)18-24)28(36-30(40)32)23-7-5-4-6-8-23/h4-10,17-19,25H,11-16H2,1-3H3,(H2,32,36)(H,33,35). The molecule has 0 radical (unpaired) electrons. The van der Waals surface area contributed by atoms with Gasteiger partial charge in [0.25, 0.3) is 0 Å². The van der Waals surface area contributed by atoms with Crippen LogP contribution >= 0.6 is 0 Å². The molecule has 0 aliphatic carbocycles. The van der Waals surface area contributed by atoms with Gasteiger partial charge in [0.1, 0.15) is 5.82 Å². The number of likely N-dealkylation sites (tertiary alicyclic amines) is 1. The second-order valence-corrected chi connectivity index (χ2v) is 10.8. The zero-order valence-corrected chi connectivity index (χ0v) is 23.7. The maximum atomic E-state index is 13.6. The molecule has 5 heterocycles. The van der Waals surface area contributed by atoms with E-state index in [4.69, 9.17) is 15.8 Å². The molecule has 210 valence electrons. The van der Waals surface area contributed by atoms with Crippen molar-refractivity contribution in [2.24, 2.45) is 0 Å². The minimum Gasteiger partial charge on any atom is -0.369 e. The highest BCUT2D eigenvalue weighted by atomic mass is 16.2. The molecule has 10 nitrogen and oxygen atoms in total. The van der Waals surface area contributed by atoms with Crippen molar-refractivity contribution in [2.75, 3.05) is 30.7 Å². The third-order valence-corrected chi connectivity index (χ3v) is 7.65. The summed E-state index contributed by atoms with van der Waals surface area (Å²) in [6.45, 7) is 9.02. The van der Waals surface area contributed by atoms with E-state index >= 15 is 0 Å². The lowest BCUT2D eigenvalue weighted by molar-refractivity contribution is 0.208. The lowest BCUT2D eigenvalue weighted by atomic mass is 9.99. The normalized spacial score (nSPS) is 14.5. The van der Waals surface area contributed by atoms with Crippen LogP contribution in [0.2, 0.25) is 0 Å². The molecule has 4 aromatic heterocycles. The van der Waals surface area contributed by atoms with Crippen molar-refractivity contribution in [2.45, 2.75) is 46.2 Å². The zero-order chi connectivity index (χ0) is 28.5. The highest BCUT2D eigenvalue weighted by Gasteiger charge is 2.23. The number of piperidine rings is 1. The van der Waals surface area contributed by atoms with Gasteiger partial charge in [0.15, 0.2) is 5.65 Å². The first-order chi connectivity index (χ1) is 19.9. The van der Waals surface area contributed by atoms with Gasteiger partial charge in [-0.15, -0.1) is 5.10 Å². The van der Waals surface area contributed by atoms with Gasteiger partial charge in [-0.05, 0) is 62.9 Å². The predicted octanol–water partition coefficient (Wildman–Crippen LogP) is 4.10. The number of nitrogens with one attached hydrogen (secondary N) is 1. The third kappa shape index (κ3) is 5.55. The summed E-state index contributed by atoms with van der Waals surface area (Å²) in [5.41, 5.74) is 12.8. The average molecular weight is 550 g/mol. The fraction of sp³-hybridized carbons (Fsp3) is 0.323. The Bertz CT molecular complexity index is 1710. The Hall–Kier alpha value is -4.57. The molecule has 0 saturated carbocycles. The smallest absolute Gasteiger partial charge is 0.353 e. The Labute approximate surface area is 238 Å². The maximum absolute atomic E-state index is 13.6. The molecule has 0 atom stereocenters. The number of nitrogens with zero attached hydrogens (tertiary/aromatic N) is 7. The van der Waals surface area contributed by atoms with Crippen molar-refractivity contribution in [3.8, 4) is 22.4 Å². The summed E-state index contributed by atoms with van der Waals surface area (Å²) in [6.07, 6.45) is 3.91. The van der Waals surface area contributed by atoms with Gasteiger partial charge in [-0.25, -0.2) is 23.8 Å². The summed E-state index contributed by atoms with van der Waals surface area (Å²) in [4.78, 5) is 29.7. The van der Waals surface area contributed by atoms with Crippen molar-refractivity contribution < 1.29 is 0 Å². The molecule has 6 rings (SSSR count).